The molecular formula is C20H19F2NO5S. The normalized spacial score (nSPS) is 16.2. The second-order valence-corrected chi connectivity index (χ2v) is 8.54. The van der Waals surface area contributed by atoms with Crippen molar-refractivity contribution in [3.8, 4) is 0 Å². The third kappa shape index (κ3) is 4.79. The molecule has 2 aromatic carbocycles. The van der Waals surface area contributed by atoms with E-state index >= 15 is 0 Å². The lowest BCUT2D eigenvalue weighted by atomic mass is 9.88. The molecule has 0 heterocycles. The number of sulfone groups is 1. The molecule has 1 aliphatic carbocycles. The SMILES string of the molecule is O=C(COC(=O)c1ccc(S(=O)(=O)C(F)F)cc1)N[C@@H]1CCCc2ccccc21. The summed E-state index contributed by atoms with van der Waals surface area (Å²) < 4.78 is 52.8. The molecule has 0 spiro atoms. The fourth-order valence-corrected chi connectivity index (χ4v) is 3.96. The maximum atomic E-state index is 12.5. The number of hydrogen-bond acceptors (Lipinski definition) is 5. The Morgan fingerprint density at radius 2 is 1.79 bits per heavy atom. The molecule has 3 rings (SSSR count). The maximum absolute atomic E-state index is 12.5. The van der Waals surface area contributed by atoms with Crippen molar-refractivity contribution >= 4 is 21.7 Å². The fraction of sp³-hybridized carbons (Fsp3) is 0.300. The molecule has 9 heteroatoms. The highest BCUT2D eigenvalue weighted by Gasteiger charge is 2.27. The van der Waals surface area contributed by atoms with Crippen LogP contribution in [0.1, 0.15) is 40.4 Å². The molecule has 0 radical (unpaired) electrons. The summed E-state index contributed by atoms with van der Waals surface area (Å²) in [5, 5.41) is 2.84. The number of amides is 1. The molecule has 0 unspecified atom stereocenters. The van der Waals surface area contributed by atoms with E-state index in [1.807, 2.05) is 24.3 Å². The lowest BCUT2D eigenvalue weighted by Crippen LogP contribution is -2.34. The highest BCUT2D eigenvalue weighted by molar-refractivity contribution is 7.91. The Morgan fingerprint density at radius 1 is 1.10 bits per heavy atom. The van der Waals surface area contributed by atoms with E-state index in [-0.39, 0.29) is 11.6 Å². The van der Waals surface area contributed by atoms with Gasteiger partial charge in [0.2, 0.25) is 9.84 Å². The molecule has 1 N–H and O–H groups in total. The van der Waals surface area contributed by atoms with Crippen LogP contribution in [-0.4, -0.2) is 32.7 Å². The van der Waals surface area contributed by atoms with Crippen molar-refractivity contribution < 1.29 is 31.5 Å². The first kappa shape index (κ1) is 20.9. The minimum atomic E-state index is -4.74. The average Bonchev–Trinajstić information content (AvgIpc) is 2.72. The number of carbonyl (C=O) groups excluding carboxylic acids is 2. The number of benzene rings is 2. The van der Waals surface area contributed by atoms with Crippen LogP contribution in [-0.2, 0) is 25.8 Å². The molecule has 29 heavy (non-hydrogen) atoms. The van der Waals surface area contributed by atoms with Gasteiger partial charge in [-0.2, -0.15) is 8.78 Å². The lowest BCUT2D eigenvalue weighted by molar-refractivity contribution is -0.125. The number of alkyl halides is 2. The molecule has 0 aliphatic heterocycles. The quantitative estimate of drug-likeness (QED) is 0.722. The Hall–Kier alpha value is -2.81. The van der Waals surface area contributed by atoms with E-state index in [9.17, 15) is 26.8 Å². The number of halogens is 2. The average molecular weight is 423 g/mol. The zero-order valence-electron chi connectivity index (χ0n) is 15.3. The van der Waals surface area contributed by atoms with Gasteiger partial charge < -0.3 is 10.1 Å². The number of carbonyl (C=O) groups is 2. The van der Waals surface area contributed by atoms with Crippen LogP contribution in [0.5, 0.6) is 0 Å². The molecule has 0 saturated heterocycles. The Bertz CT molecular complexity index is 1010. The molecule has 0 bridgehead atoms. The number of fused-ring (bicyclic) bond motifs is 1. The van der Waals surface area contributed by atoms with E-state index < -0.39 is 39.0 Å². The van der Waals surface area contributed by atoms with E-state index in [4.69, 9.17) is 4.74 Å². The topological polar surface area (TPSA) is 89.5 Å². The lowest BCUT2D eigenvalue weighted by Gasteiger charge is -2.26. The van der Waals surface area contributed by atoms with Gasteiger partial charge in [0.15, 0.2) is 6.61 Å². The van der Waals surface area contributed by atoms with E-state index in [0.29, 0.717) is 0 Å². The second-order valence-electron chi connectivity index (χ2n) is 6.62. The predicted octanol–water partition coefficient (Wildman–Crippen LogP) is 3.03. The summed E-state index contributed by atoms with van der Waals surface area (Å²) in [6.07, 6.45) is 2.68. The van der Waals surface area contributed by atoms with Gasteiger partial charge in [0.25, 0.3) is 5.91 Å². The monoisotopic (exact) mass is 423 g/mol. The molecule has 2 aromatic rings. The van der Waals surface area contributed by atoms with Crippen molar-refractivity contribution in [2.75, 3.05) is 6.61 Å². The number of esters is 1. The minimum Gasteiger partial charge on any atom is -0.452 e. The van der Waals surface area contributed by atoms with Gasteiger partial charge in [-0.1, -0.05) is 24.3 Å². The van der Waals surface area contributed by atoms with Crippen molar-refractivity contribution in [2.45, 2.75) is 36.0 Å². The summed E-state index contributed by atoms with van der Waals surface area (Å²) >= 11 is 0. The van der Waals surface area contributed by atoms with Crippen LogP contribution in [0.3, 0.4) is 0 Å². The van der Waals surface area contributed by atoms with Crippen molar-refractivity contribution in [1.29, 1.82) is 0 Å². The number of hydrogen-bond donors (Lipinski definition) is 1. The molecule has 0 saturated carbocycles. The Morgan fingerprint density at radius 3 is 2.48 bits per heavy atom. The smallest absolute Gasteiger partial charge is 0.341 e. The van der Waals surface area contributed by atoms with Gasteiger partial charge >= 0.3 is 11.7 Å². The van der Waals surface area contributed by atoms with Crippen LogP contribution in [0.2, 0.25) is 0 Å². The van der Waals surface area contributed by atoms with Crippen molar-refractivity contribution in [3.05, 3.63) is 65.2 Å². The van der Waals surface area contributed by atoms with Gasteiger partial charge in [-0.25, -0.2) is 13.2 Å². The Balaban J connectivity index is 1.56. The largest absolute Gasteiger partial charge is 0.452 e. The summed E-state index contributed by atoms with van der Waals surface area (Å²) in [5.41, 5.74) is 2.18. The van der Waals surface area contributed by atoms with Gasteiger partial charge in [-0.05, 0) is 54.7 Å². The second kappa shape index (κ2) is 8.69. The maximum Gasteiger partial charge on any atom is 0.341 e. The zero-order valence-corrected chi connectivity index (χ0v) is 16.1. The fourth-order valence-electron chi connectivity index (χ4n) is 3.24. The van der Waals surface area contributed by atoms with E-state index in [1.54, 1.807) is 0 Å². The van der Waals surface area contributed by atoms with Crippen molar-refractivity contribution in [3.63, 3.8) is 0 Å². The molecular weight excluding hydrogens is 404 g/mol. The van der Waals surface area contributed by atoms with Crippen LogP contribution < -0.4 is 5.32 Å². The molecule has 1 aliphatic rings. The standard InChI is InChI=1S/C20H19F2NO5S/c21-20(22)29(26,27)15-10-8-14(9-11-15)19(25)28-12-18(24)23-17-7-3-5-13-4-1-2-6-16(13)17/h1-2,4,6,8-11,17,20H,3,5,7,12H2,(H,23,24)/t17-/m1/s1. The van der Waals surface area contributed by atoms with E-state index in [1.165, 1.54) is 5.56 Å². The van der Waals surface area contributed by atoms with Gasteiger partial charge in [-0.15, -0.1) is 0 Å². The van der Waals surface area contributed by atoms with Gasteiger partial charge in [0.05, 0.1) is 16.5 Å². The number of aryl methyl sites for hydroxylation is 1. The van der Waals surface area contributed by atoms with Crippen LogP contribution in [0.15, 0.2) is 53.4 Å². The summed E-state index contributed by atoms with van der Waals surface area (Å²) in [4.78, 5) is 23.6. The third-order valence-electron chi connectivity index (χ3n) is 4.69. The summed E-state index contributed by atoms with van der Waals surface area (Å²) in [7, 11) is -4.74. The Kier molecular flexibility index (Phi) is 6.26. The molecule has 6 nitrogen and oxygen atoms in total. The van der Waals surface area contributed by atoms with Gasteiger partial charge in [0.1, 0.15) is 0 Å². The third-order valence-corrected chi connectivity index (χ3v) is 6.09. The first-order chi connectivity index (χ1) is 13.8. The number of rotatable bonds is 6. The number of ether oxygens (including phenoxy) is 1. The molecule has 0 fully saturated rings. The van der Waals surface area contributed by atoms with Crippen LogP contribution in [0.25, 0.3) is 0 Å². The predicted molar refractivity (Wildman–Crippen MR) is 100 cm³/mol. The summed E-state index contributed by atoms with van der Waals surface area (Å²) in [6, 6.07) is 11.6. The number of nitrogens with one attached hydrogen (secondary N) is 1. The van der Waals surface area contributed by atoms with E-state index in [0.717, 1.165) is 49.1 Å². The summed E-state index contributed by atoms with van der Waals surface area (Å²) in [5.74, 6) is -4.86. The highest BCUT2D eigenvalue weighted by Crippen LogP contribution is 2.29. The van der Waals surface area contributed by atoms with Crippen LogP contribution in [0, 0.1) is 0 Å². The van der Waals surface area contributed by atoms with Crippen LogP contribution in [0.4, 0.5) is 8.78 Å². The molecule has 1 atom stereocenters. The first-order valence-corrected chi connectivity index (χ1v) is 10.5. The summed E-state index contributed by atoms with van der Waals surface area (Å²) in [6.45, 7) is -0.505. The highest BCUT2D eigenvalue weighted by atomic mass is 32.2. The first-order valence-electron chi connectivity index (χ1n) is 8.95. The van der Waals surface area contributed by atoms with Crippen LogP contribution >= 0.6 is 0 Å². The zero-order chi connectivity index (χ0) is 21.0. The molecule has 0 aromatic heterocycles. The Labute approximate surface area is 166 Å². The van der Waals surface area contributed by atoms with Gasteiger partial charge in [0, 0.05) is 0 Å². The van der Waals surface area contributed by atoms with E-state index in [2.05, 4.69) is 5.32 Å². The molecule has 1 amide bonds. The van der Waals surface area contributed by atoms with Crippen molar-refractivity contribution in [2.24, 2.45) is 0 Å². The molecule has 154 valence electrons. The van der Waals surface area contributed by atoms with Crippen molar-refractivity contribution in [1.82, 2.24) is 5.32 Å². The minimum absolute atomic E-state index is 0.0472. The van der Waals surface area contributed by atoms with Gasteiger partial charge in [-0.3, -0.25) is 4.79 Å².